The molecule has 70 valence electrons. The first-order valence-electron chi connectivity index (χ1n) is 3.54. The van der Waals surface area contributed by atoms with Gasteiger partial charge in [-0.15, -0.1) is 0 Å². The molecule has 0 aromatic carbocycles. The van der Waals surface area contributed by atoms with Gasteiger partial charge >= 0.3 is 0 Å². The second-order valence-electron chi connectivity index (χ2n) is 2.82. The smallest absolute Gasteiger partial charge is 0.266 e. The predicted octanol–water partition coefficient (Wildman–Crippen LogP) is -0.839. The maximum atomic E-state index is 11.3. The Morgan fingerprint density at radius 1 is 1.46 bits per heavy atom. The van der Waals surface area contributed by atoms with Crippen molar-refractivity contribution in [2.24, 2.45) is 7.05 Å². The molecule has 1 aromatic heterocycles. The van der Waals surface area contributed by atoms with Gasteiger partial charge in [0.15, 0.2) is 0 Å². The minimum absolute atomic E-state index is 0.000000000000000444. The summed E-state index contributed by atoms with van der Waals surface area (Å²) in [5.74, 6) is -0.613. The second-order valence-corrected chi connectivity index (χ2v) is 4.44. The molecule has 1 amide bonds. The van der Waals surface area contributed by atoms with Crippen molar-refractivity contribution < 1.29 is 13.2 Å². The molecule has 13 heavy (non-hydrogen) atoms. The molecule has 2 rings (SSSR count). The Morgan fingerprint density at radius 3 is 2.62 bits per heavy atom. The number of hydrogen-bond acceptors (Lipinski definition) is 4. The van der Waals surface area contributed by atoms with Crippen LogP contribution in [0.1, 0.15) is 16.2 Å². The lowest BCUT2D eigenvalue weighted by atomic mass is 10.3. The maximum Gasteiger partial charge on any atom is 0.284 e. The number of aryl methyl sites for hydroxylation is 2. The van der Waals surface area contributed by atoms with Crippen molar-refractivity contribution in [2.45, 2.75) is 11.8 Å². The summed E-state index contributed by atoms with van der Waals surface area (Å²) < 4.78 is 25.8. The van der Waals surface area contributed by atoms with Crippen LogP contribution in [-0.4, -0.2) is 24.1 Å². The van der Waals surface area contributed by atoms with Gasteiger partial charge in [-0.25, -0.2) is 13.1 Å². The molecule has 1 aliphatic rings. The van der Waals surface area contributed by atoms with Crippen molar-refractivity contribution >= 4 is 15.9 Å². The molecule has 0 aliphatic carbocycles. The molecule has 1 aromatic rings. The van der Waals surface area contributed by atoms with Gasteiger partial charge in [0.25, 0.3) is 15.9 Å². The Bertz CT molecular complexity index is 499. The fourth-order valence-electron chi connectivity index (χ4n) is 1.43. The summed E-state index contributed by atoms with van der Waals surface area (Å²) in [4.78, 5) is 11.2. The van der Waals surface area contributed by atoms with Crippen LogP contribution < -0.4 is 4.72 Å². The maximum absolute atomic E-state index is 11.3. The van der Waals surface area contributed by atoms with Crippen molar-refractivity contribution in [2.75, 3.05) is 0 Å². The first-order chi connectivity index (χ1) is 5.93. The van der Waals surface area contributed by atoms with Crippen LogP contribution in [0.4, 0.5) is 0 Å². The molecule has 2 heterocycles. The molecule has 0 bridgehead atoms. The minimum Gasteiger partial charge on any atom is -0.266 e. The average molecular weight is 201 g/mol. The van der Waals surface area contributed by atoms with Crippen LogP contribution in [-0.2, 0) is 17.1 Å². The van der Waals surface area contributed by atoms with Gasteiger partial charge in [-0.2, -0.15) is 5.10 Å². The van der Waals surface area contributed by atoms with Crippen molar-refractivity contribution in [3.63, 3.8) is 0 Å². The third-order valence-corrected chi connectivity index (χ3v) is 3.36. The zero-order valence-electron chi connectivity index (χ0n) is 7.03. The second kappa shape index (κ2) is 2.11. The SMILES string of the molecule is Cc1nn(C)c2c1S(=O)(=O)NC2=O. The van der Waals surface area contributed by atoms with Crippen molar-refractivity contribution in [1.29, 1.82) is 0 Å². The zero-order valence-corrected chi connectivity index (χ0v) is 7.84. The van der Waals surface area contributed by atoms with Gasteiger partial charge in [-0.1, -0.05) is 0 Å². The standard InChI is InChI=1S/C6H7N3O3S/c1-3-5-4(9(2)7-3)6(10)8-13(5,11)12/h1-2H3,(H,8,10). The molecule has 0 saturated carbocycles. The summed E-state index contributed by atoms with van der Waals surface area (Å²) in [5.41, 5.74) is 0.452. The van der Waals surface area contributed by atoms with Gasteiger partial charge in [0, 0.05) is 7.05 Å². The van der Waals surface area contributed by atoms with E-state index in [4.69, 9.17) is 0 Å². The highest BCUT2D eigenvalue weighted by Gasteiger charge is 2.38. The predicted molar refractivity (Wildman–Crippen MR) is 42.6 cm³/mol. The fourth-order valence-corrected chi connectivity index (χ4v) is 2.78. The van der Waals surface area contributed by atoms with Gasteiger partial charge in [0.05, 0.1) is 5.69 Å². The fraction of sp³-hybridized carbons (Fsp3) is 0.333. The highest BCUT2D eigenvalue weighted by Crippen LogP contribution is 2.24. The number of rotatable bonds is 0. The molecule has 0 spiro atoms. The largest absolute Gasteiger partial charge is 0.284 e. The number of amides is 1. The van der Waals surface area contributed by atoms with Gasteiger partial charge in [-0.05, 0) is 6.92 Å². The molecular formula is C6H7N3O3S. The Morgan fingerprint density at radius 2 is 2.08 bits per heavy atom. The zero-order chi connectivity index (χ0) is 9.80. The lowest BCUT2D eigenvalue weighted by Crippen LogP contribution is -2.23. The van der Waals surface area contributed by atoms with E-state index in [0.29, 0.717) is 5.69 Å². The topological polar surface area (TPSA) is 81.1 Å². The normalized spacial score (nSPS) is 18.5. The van der Waals surface area contributed by atoms with E-state index < -0.39 is 15.9 Å². The quantitative estimate of drug-likeness (QED) is 0.593. The van der Waals surface area contributed by atoms with E-state index in [-0.39, 0.29) is 10.6 Å². The van der Waals surface area contributed by atoms with Crippen LogP contribution in [0.15, 0.2) is 4.90 Å². The van der Waals surface area contributed by atoms with E-state index in [0.717, 1.165) is 0 Å². The Balaban J connectivity index is 2.91. The Hall–Kier alpha value is -1.37. The van der Waals surface area contributed by atoms with Crippen LogP contribution in [0, 0.1) is 6.92 Å². The minimum atomic E-state index is -3.65. The molecular weight excluding hydrogens is 194 g/mol. The highest BCUT2D eigenvalue weighted by molar-refractivity contribution is 7.90. The lowest BCUT2D eigenvalue weighted by Gasteiger charge is -1.94. The molecule has 7 heteroatoms. The number of fused-ring (bicyclic) bond motifs is 1. The monoisotopic (exact) mass is 201 g/mol. The molecule has 0 fully saturated rings. The molecule has 0 radical (unpaired) electrons. The van der Waals surface area contributed by atoms with Gasteiger partial charge in [0.1, 0.15) is 10.6 Å². The molecule has 6 nitrogen and oxygen atoms in total. The molecule has 0 saturated heterocycles. The van der Waals surface area contributed by atoms with Crippen LogP contribution in [0.25, 0.3) is 0 Å². The van der Waals surface area contributed by atoms with Crippen LogP contribution in [0.2, 0.25) is 0 Å². The Labute approximate surface area is 74.6 Å². The average Bonchev–Trinajstić information content (AvgIpc) is 2.35. The number of carbonyl (C=O) groups excluding carboxylic acids is 1. The summed E-state index contributed by atoms with van der Waals surface area (Å²) in [6.07, 6.45) is 0. The number of carbonyl (C=O) groups is 1. The number of aromatic nitrogens is 2. The van der Waals surface area contributed by atoms with Crippen molar-refractivity contribution in [3.05, 3.63) is 11.4 Å². The molecule has 1 aliphatic heterocycles. The summed E-state index contributed by atoms with van der Waals surface area (Å²) in [6.45, 7) is 1.55. The van der Waals surface area contributed by atoms with Gasteiger partial charge in [0.2, 0.25) is 0 Å². The number of hydrogen-bond donors (Lipinski definition) is 1. The summed E-state index contributed by atoms with van der Waals surface area (Å²) in [6, 6.07) is 0. The van der Waals surface area contributed by atoms with E-state index in [1.165, 1.54) is 11.7 Å². The molecule has 1 N–H and O–H groups in total. The third-order valence-electron chi connectivity index (χ3n) is 1.88. The number of sulfonamides is 1. The van der Waals surface area contributed by atoms with Crippen LogP contribution in [0.3, 0.4) is 0 Å². The third kappa shape index (κ3) is 0.902. The van der Waals surface area contributed by atoms with E-state index >= 15 is 0 Å². The first-order valence-corrected chi connectivity index (χ1v) is 5.02. The molecule has 0 atom stereocenters. The summed E-state index contributed by atoms with van der Waals surface area (Å²) in [5, 5.41) is 3.86. The number of nitrogens with zero attached hydrogens (tertiary/aromatic N) is 2. The van der Waals surface area contributed by atoms with Crippen LogP contribution >= 0.6 is 0 Å². The van der Waals surface area contributed by atoms with Crippen molar-refractivity contribution in [1.82, 2.24) is 14.5 Å². The van der Waals surface area contributed by atoms with E-state index in [1.54, 1.807) is 6.92 Å². The van der Waals surface area contributed by atoms with E-state index in [9.17, 15) is 13.2 Å². The Kier molecular flexibility index (Phi) is 1.34. The first kappa shape index (κ1) is 8.24. The number of nitrogens with one attached hydrogen (secondary N) is 1. The van der Waals surface area contributed by atoms with Gasteiger partial charge in [-0.3, -0.25) is 9.48 Å². The van der Waals surface area contributed by atoms with Crippen LogP contribution in [0.5, 0.6) is 0 Å². The molecule has 0 unspecified atom stereocenters. The summed E-state index contributed by atoms with van der Waals surface area (Å²) >= 11 is 0. The van der Waals surface area contributed by atoms with E-state index in [1.807, 2.05) is 4.72 Å². The highest BCUT2D eigenvalue weighted by atomic mass is 32.2. The summed E-state index contributed by atoms with van der Waals surface area (Å²) in [7, 11) is -2.11. The van der Waals surface area contributed by atoms with E-state index in [2.05, 4.69) is 5.10 Å². The van der Waals surface area contributed by atoms with Crippen molar-refractivity contribution in [3.8, 4) is 0 Å². The lowest BCUT2D eigenvalue weighted by molar-refractivity contribution is 0.0976. The van der Waals surface area contributed by atoms with Gasteiger partial charge < -0.3 is 0 Å².